The molecule has 0 aliphatic carbocycles. The number of nitrogens with one attached hydrogen (secondary N) is 1. The van der Waals surface area contributed by atoms with E-state index in [9.17, 15) is 9.59 Å². The molecule has 1 atom stereocenters. The Morgan fingerprint density at radius 1 is 1.37 bits per heavy atom. The lowest BCUT2D eigenvalue weighted by atomic mass is 10.1. The first-order valence-corrected chi connectivity index (χ1v) is 9.53. The van der Waals surface area contributed by atoms with Crippen LogP contribution < -0.4 is 15.8 Å². The topological polar surface area (TPSA) is 85.1 Å². The van der Waals surface area contributed by atoms with E-state index in [1.165, 1.54) is 4.68 Å². The van der Waals surface area contributed by atoms with Crippen LogP contribution in [0.5, 0.6) is 0 Å². The molecule has 1 aliphatic heterocycles. The van der Waals surface area contributed by atoms with Crippen LogP contribution in [-0.4, -0.2) is 45.1 Å². The molecule has 0 aromatic carbocycles. The first-order chi connectivity index (χ1) is 12.9. The van der Waals surface area contributed by atoms with Gasteiger partial charge in [-0.15, -0.1) is 0 Å². The smallest absolute Gasteiger partial charge is 0.269 e. The molecular formula is C19H28N6O2. The van der Waals surface area contributed by atoms with Gasteiger partial charge in [-0.3, -0.25) is 14.3 Å². The summed E-state index contributed by atoms with van der Waals surface area (Å²) < 4.78 is 3.08. The molecule has 8 nitrogen and oxygen atoms in total. The summed E-state index contributed by atoms with van der Waals surface area (Å²) in [6, 6.07) is 3.50. The molecule has 0 unspecified atom stereocenters. The van der Waals surface area contributed by atoms with Gasteiger partial charge in [0.1, 0.15) is 5.69 Å². The van der Waals surface area contributed by atoms with Gasteiger partial charge in [-0.1, -0.05) is 13.8 Å². The molecule has 2 aromatic rings. The zero-order chi connectivity index (χ0) is 19.6. The van der Waals surface area contributed by atoms with E-state index in [1.54, 1.807) is 24.0 Å². The molecule has 1 saturated heterocycles. The Morgan fingerprint density at radius 2 is 2.15 bits per heavy atom. The molecule has 3 heterocycles. The second-order valence-corrected chi connectivity index (χ2v) is 7.41. The monoisotopic (exact) mass is 372 g/mol. The van der Waals surface area contributed by atoms with E-state index >= 15 is 0 Å². The lowest BCUT2D eigenvalue weighted by molar-refractivity contribution is 0.0937. The van der Waals surface area contributed by atoms with Gasteiger partial charge >= 0.3 is 0 Å². The standard InChI is InChI=1S/C19H28N6O2/c1-5-25-17(9-16(22-25)13(2)3)19(27)20-10-14-6-7-24(12-14)15-8-18(26)23(4)21-11-15/h8-9,11,13-14H,5-7,10,12H2,1-4H3,(H,20,27)/t14-/m1/s1. The lowest BCUT2D eigenvalue weighted by Crippen LogP contribution is -2.32. The largest absolute Gasteiger partial charge is 0.370 e. The summed E-state index contributed by atoms with van der Waals surface area (Å²) in [5.41, 5.74) is 2.29. The molecule has 1 amide bonds. The fourth-order valence-corrected chi connectivity index (χ4v) is 3.34. The predicted molar refractivity (Wildman–Crippen MR) is 104 cm³/mol. The van der Waals surface area contributed by atoms with Crippen LogP contribution in [0.3, 0.4) is 0 Å². The van der Waals surface area contributed by atoms with Gasteiger partial charge in [0.2, 0.25) is 0 Å². The van der Waals surface area contributed by atoms with E-state index in [1.807, 2.05) is 13.0 Å². The molecule has 1 fully saturated rings. The third-order valence-corrected chi connectivity index (χ3v) is 5.08. The van der Waals surface area contributed by atoms with Crippen molar-refractivity contribution in [1.29, 1.82) is 0 Å². The maximum Gasteiger partial charge on any atom is 0.269 e. The average molecular weight is 372 g/mol. The zero-order valence-corrected chi connectivity index (χ0v) is 16.5. The van der Waals surface area contributed by atoms with E-state index in [0.717, 1.165) is 30.9 Å². The Morgan fingerprint density at radius 3 is 2.81 bits per heavy atom. The highest BCUT2D eigenvalue weighted by atomic mass is 16.2. The zero-order valence-electron chi connectivity index (χ0n) is 16.5. The highest BCUT2D eigenvalue weighted by molar-refractivity contribution is 5.92. The quantitative estimate of drug-likeness (QED) is 0.828. The van der Waals surface area contributed by atoms with Crippen molar-refractivity contribution in [3.8, 4) is 0 Å². The maximum atomic E-state index is 12.6. The van der Waals surface area contributed by atoms with E-state index in [-0.39, 0.29) is 11.5 Å². The number of anilines is 1. The van der Waals surface area contributed by atoms with Gasteiger partial charge in [0.15, 0.2) is 0 Å². The minimum Gasteiger partial charge on any atom is -0.370 e. The van der Waals surface area contributed by atoms with Crippen LogP contribution in [0.15, 0.2) is 23.1 Å². The van der Waals surface area contributed by atoms with E-state index in [2.05, 4.69) is 34.3 Å². The average Bonchev–Trinajstić information content (AvgIpc) is 3.29. The molecule has 1 N–H and O–H groups in total. The fourth-order valence-electron chi connectivity index (χ4n) is 3.34. The minimum absolute atomic E-state index is 0.0788. The molecule has 1 aliphatic rings. The first kappa shape index (κ1) is 19.1. The normalized spacial score (nSPS) is 16.9. The minimum atomic E-state index is -0.113. The molecule has 2 aromatic heterocycles. The third kappa shape index (κ3) is 4.20. The number of hydrogen-bond acceptors (Lipinski definition) is 5. The van der Waals surface area contributed by atoms with Crippen molar-refractivity contribution in [1.82, 2.24) is 24.9 Å². The van der Waals surface area contributed by atoms with Crippen LogP contribution in [0.2, 0.25) is 0 Å². The maximum absolute atomic E-state index is 12.6. The summed E-state index contributed by atoms with van der Waals surface area (Å²) in [5.74, 6) is 0.561. The molecule has 0 radical (unpaired) electrons. The Balaban J connectivity index is 1.58. The Labute approximate surface area is 159 Å². The number of nitrogens with zero attached hydrogens (tertiary/aromatic N) is 5. The Kier molecular flexibility index (Phi) is 5.62. The van der Waals surface area contributed by atoms with Crippen molar-refractivity contribution in [2.75, 3.05) is 24.5 Å². The van der Waals surface area contributed by atoms with E-state index < -0.39 is 0 Å². The van der Waals surface area contributed by atoms with Gasteiger partial charge in [-0.05, 0) is 31.2 Å². The van der Waals surface area contributed by atoms with Crippen molar-refractivity contribution >= 4 is 11.6 Å². The molecule has 27 heavy (non-hydrogen) atoms. The first-order valence-electron chi connectivity index (χ1n) is 9.53. The van der Waals surface area contributed by atoms with Crippen molar-refractivity contribution < 1.29 is 4.79 Å². The van der Waals surface area contributed by atoms with Crippen LogP contribution in [0, 0.1) is 5.92 Å². The molecular weight excluding hydrogens is 344 g/mol. The van der Waals surface area contributed by atoms with Gasteiger partial charge in [0, 0.05) is 39.3 Å². The van der Waals surface area contributed by atoms with Crippen LogP contribution in [-0.2, 0) is 13.6 Å². The second-order valence-electron chi connectivity index (χ2n) is 7.41. The van der Waals surface area contributed by atoms with Crippen molar-refractivity contribution in [2.24, 2.45) is 13.0 Å². The number of amides is 1. The Bertz CT molecular complexity index is 869. The highest BCUT2D eigenvalue weighted by Crippen LogP contribution is 2.22. The van der Waals surface area contributed by atoms with Crippen LogP contribution in [0.25, 0.3) is 0 Å². The number of aromatic nitrogens is 4. The second kappa shape index (κ2) is 7.94. The van der Waals surface area contributed by atoms with Gasteiger partial charge in [0.25, 0.3) is 11.5 Å². The number of carbonyl (C=O) groups is 1. The SMILES string of the molecule is CCn1nc(C(C)C)cc1C(=O)NC[C@H]1CCN(c2cnn(C)c(=O)c2)C1. The van der Waals surface area contributed by atoms with E-state index in [4.69, 9.17) is 0 Å². The lowest BCUT2D eigenvalue weighted by Gasteiger charge is -2.18. The molecule has 146 valence electrons. The van der Waals surface area contributed by atoms with Gasteiger partial charge in [0.05, 0.1) is 17.6 Å². The predicted octanol–water partition coefficient (Wildman–Crippen LogP) is 1.38. The van der Waals surface area contributed by atoms with E-state index in [0.29, 0.717) is 30.6 Å². The summed E-state index contributed by atoms with van der Waals surface area (Å²) in [5, 5.41) is 11.6. The van der Waals surface area contributed by atoms with Gasteiger partial charge in [-0.25, -0.2) is 4.68 Å². The van der Waals surface area contributed by atoms with Crippen molar-refractivity contribution in [2.45, 2.75) is 39.7 Å². The van der Waals surface area contributed by atoms with Crippen LogP contribution >= 0.6 is 0 Å². The van der Waals surface area contributed by atoms with Crippen molar-refractivity contribution in [3.63, 3.8) is 0 Å². The molecule has 8 heteroatoms. The van der Waals surface area contributed by atoms with Gasteiger partial charge in [-0.2, -0.15) is 10.2 Å². The summed E-state index contributed by atoms with van der Waals surface area (Å²) in [4.78, 5) is 26.5. The summed E-state index contributed by atoms with van der Waals surface area (Å²) in [7, 11) is 1.64. The number of hydrogen-bond donors (Lipinski definition) is 1. The highest BCUT2D eigenvalue weighted by Gasteiger charge is 2.24. The number of rotatable bonds is 6. The fraction of sp³-hybridized carbons (Fsp3) is 0.579. The summed E-state index contributed by atoms with van der Waals surface area (Å²) >= 11 is 0. The van der Waals surface area contributed by atoms with Crippen LogP contribution in [0.1, 0.15) is 49.3 Å². The molecule has 0 bridgehead atoms. The van der Waals surface area contributed by atoms with Crippen molar-refractivity contribution in [3.05, 3.63) is 40.1 Å². The molecule has 3 rings (SSSR count). The molecule has 0 spiro atoms. The number of carbonyl (C=O) groups excluding carboxylic acids is 1. The van der Waals surface area contributed by atoms with Gasteiger partial charge < -0.3 is 10.2 Å². The third-order valence-electron chi connectivity index (χ3n) is 5.08. The summed E-state index contributed by atoms with van der Waals surface area (Å²) in [6.45, 7) is 9.08. The number of aryl methyl sites for hydroxylation is 2. The van der Waals surface area contributed by atoms with Crippen LogP contribution in [0.4, 0.5) is 5.69 Å². The Hall–Kier alpha value is -2.64. The summed E-state index contributed by atoms with van der Waals surface area (Å²) in [6.07, 6.45) is 2.69. The molecule has 0 saturated carbocycles.